The molecule has 5 rings (SSSR count). The third-order valence-corrected chi connectivity index (χ3v) is 8.98. The first kappa shape index (κ1) is 28.9. The predicted octanol–water partition coefficient (Wildman–Crippen LogP) is 2.89. The Balaban J connectivity index is 1.22. The van der Waals surface area contributed by atoms with Gasteiger partial charge in [-0.1, -0.05) is 54.1 Å². The van der Waals surface area contributed by atoms with Gasteiger partial charge in [-0.05, 0) is 42.3 Å². The summed E-state index contributed by atoms with van der Waals surface area (Å²) in [6.45, 7) is 1.23. The van der Waals surface area contributed by atoms with Gasteiger partial charge >= 0.3 is 0 Å². The molecule has 0 bridgehead atoms. The van der Waals surface area contributed by atoms with Crippen LogP contribution < -0.4 is 19.7 Å². The first-order chi connectivity index (χ1) is 19.8. The molecule has 12 heteroatoms. The van der Waals surface area contributed by atoms with Crippen LogP contribution in [-0.2, 0) is 30.8 Å². The van der Waals surface area contributed by atoms with Crippen LogP contribution in [0.2, 0.25) is 5.02 Å². The van der Waals surface area contributed by atoms with Crippen LogP contribution in [0.25, 0.3) is 0 Å². The van der Waals surface area contributed by atoms with Crippen LogP contribution >= 0.6 is 11.6 Å². The van der Waals surface area contributed by atoms with Crippen LogP contribution in [0, 0.1) is 0 Å². The van der Waals surface area contributed by atoms with Gasteiger partial charge in [0, 0.05) is 19.6 Å². The molecule has 2 amide bonds. The van der Waals surface area contributed by atoms with Gasteiger partial charge < -0.3 is 24.4 Å². The van der Waals surface area contributed by atoms with Crippen LogP contribution in [0.4, 0.5) is 5.69 Å². The third-order valence-electron chi connectivity index (χ3n) is 6.79. The number of fused-ring (bicyclic) bond motifs is 1. The number of nitrogens with one attached hydrogen (secondary N) is 1. The molecule has 1 fully saturated rings. The molecule has 0 aromatic heterocycles. The summed E-state index contributed by atoms with van der Waals surface area (Å²) in [5.74, 6) is -0.165. The van der Waals surface area contributed by atoms with Gasteiger partial charge in [-0.15, -0.1) is 0 Å². The van der Waals surface area contributed by atoms with Crippen LogP contribution in [-0.4, -0.2) is 76.6 Å². The second kappa shape index (κ2) is 12.9. The molecular weight excluding hydrogens is 570 g/mol. The highest BCUT2D eigenvalue weighted by molar-refractivity contribution is 7.89. The van der Waals surface area contributed by atoms with E-state index in [4.69, 9.17) is 25.8 Å². The van der Waals surface area contributed by atoms with Crippen molar-refractivity contribution in [3.05, 3.63) is 83.4 Å². The zero-order valence-electron chi connectivity index (χ0n) is 22.2. The van der Waals surface area contributed by atoms with Crippen molar-refractivity contribution in [2.24, 2.45) is 0 Å². The van der Waals surface area contributed by atoms with Crippen molar-refractivity contribution in [3.63, 3.8) is 0 Å². The summed E-state index contributed by atoms with van der Waals surface area (Å²) in [6.07, 6.45) is -0.238. The number of hydrogen-bond acceptors (Lipinski definition) is 7. The van der Waals surface area contributed by atoms with Gasteiger partial charge in [-0.25, -0.2) is 8.42 Å². The Labute approximate surface area is 243 Å². The number of amides is 2. The average Bonchev–Trinajstić information content (AvgIpc) is 3.00. The van der Waals surface area contributed by atoms with Gasteiger partial charge in [0.2, 0.25) is 10.0 Å². The van der Waals surface area contributed by atoms with E-state index in [1.807, 2.05) is 30.3 Å². The van der Waals surface area contributed by atoms with E-state index in [1.54, 1.807) is 24.3 Å². The van der Waals surface area contributed by atoms with Crippen LogP contribution in [0.3, 0.4) is 0 Å². The maximum absolute atomic E-state index is 13.3. The Kier molecular flexibility index (Phi) is 9.09. The highest BCUT2D eigenvalue weighted by Crippen LogP contribution is 2.34. The molecule has 0 aliphatic carbocycles. The minimum atomic E-state index is -3.73. The molecule has 0 saturated carbocycles. The third kappa shape index (κ3) is 6.82. The largest absolute Gasteiger partial charge is 0.482 e. The molecule has 3 aromatic carbocycles. The average molecular weight is 600 g/mol. The summed E-state index contributed by atoms with van der Waals surface area (Å²) in [7, 11) is -3.73. The standard InChI is InChI=1S/C29H30ClN3O7S/c30-23-18-22(41(36,37)32-14-16-38-17-15-32)10-11-25(23)39-20-28(34)33-19-27(40-26-9-5-4-8-24(26)33)29(35)31-13-12-21-6-2-1-3-7-21/h1-11,18,27H,12-17,19-20H2,(H,31,35)/t27-/m1/s1. The number of morpholine rings is 1. The first-order valence-electron chi connectivity index (χ1n) is 13.2. The molecule has 0 radical (unpaired) electrons. The van der Waals surface area contributed by atoms with Gasteiger partial charge in [-0.3, -0.25) is 9.59 Å². The Morgan fingerprint density at radius 2 is 1.73 bits per heavy atom. The number of carbonyl (C=O) groups is 2. The normalized spacial score (nSPS) is 17.3. The number of hydrogen-bond donors (Lipinski definition) is 1. The Morgan fingerprint density at radius 1 is 1.00 bits per heavy atom. The van der Waals surface area contributed by atoms with E-state index in [1.165, 1.54) is 27.4 Å². The number of para-hydroxylation sites is 2. The summed E-state index contributed by atoms with van der Waals surface area (Å²) < 4.78 is 44.1. The van der Waals surface area contributed by atoms with E-state index in [2.05, 4.69) is 5.32 Å². The molecule has 216 valence electrons. The van der Waals surface area contributed by atoms with E-state index < -0.39 is 22.0 Å². The molecule has 41 heavy (non-hydrogen) atoms. The van der Waals surface area contributed by atoms with E-state index in [0.717, 1.165) is 5.56 Å². The summed E-state index contributed by atoms with van der Waals surface area (Å²) in [5, 5.41) is 2.95. The van der Waals surface area contributed by atoms with E-state index in [0.29, 0.717) is 37.6 Å². The number of ether oxygens (including phenoxy) is 3. The number of sulfonamides is 1. The fourth-order valence-corrected chi connectivity index (χ4v) is 6.34. The van der Waals surface area contributed by atoms with E-state index >= 15 is 0 Å². The molecule has 2 aliphatic heterocycles. The SMILES string of the molecule is O=C(NCCc1ccccc1)[C@H]1CN(C(=O)COc2ccc(S(=O)(=O)N3CCOCC3)cc2Cl)c2ccccc2O1. The van der Waals surface area contributed by atoms with Crippen molar-refractivity contribution in [3.8, 4) is 11.5 Å². The zero-order chi connectivity index (χ0) is 28.8. The summed E-state index contributed by atoms with van der Waals surface area (Å²) in [5.41, 5.74) is 1.62. The molecular formula is C29H30ClN3O7S. The second-order valence-electron chi connectivity index (χ2n) is 9.50. The molecule has 2 aliphatic rings. The van der Waals surface area contributed by atoms with Gasteiger partial charge in [-0.2, -0.15) is 4.31 Å². The summed E-state index contributed by atoms with van der Waals surface area (Å²) >= 11 is 6.35. The van der Waals surface area contributed by atoms with E-state index in [9.17, 15) is 18.0 Å². The van der Waals surface area contributed by atoms with Crippen molar-refractivity contribution >= 4 is 39.1 Å². The Morgan fingerprint density at radius 3 is 2.49 bits per heavy atom. The quantitative estimate of drug-likeness (QED) is 0.402. The number of benzene rings is 3. The molecule has 1 N–H and O–H groups in total. The van der Waals surface area contributed by atoms with Crippen LogP contribution in [0.15, 0.2) is 77.7 Å². The van der Waals surface area contributed by atoms with Crippen molar-refractivity contribution < 1.29 is 32.2 Å². The Hall–Kier alpha value is -3.64. The number of rotatable bonds is 9. The lowest BCUT2D eigenvalue weighted by molar-refractivity contribution is -0.128. The maximum Gasteiger partial charge on any atom is 0.265 e. The number of nitrogens with zero attached hydrogens (tertiary/aromatic N) is 2. The van der Waals surface area contributed by atoms with Crippen molar-refractivity contribution in [2.45, 2.75) is 17.4 Å². The number of anilines is 1. The van der Waals surface area contributed by atoms with E-state index in [-0.39, 0.29) is 47.8 Å². The maximum atomic E-state index is 13.3. The fraction of sp³-hybridized carbons (Fsp3) is 0.310. The lowest BCUT2D eigenvalue weighted by Gasteiger charge is -2.34. The van der Waals surface area contributed by atoms with Crippen molar-refractivity contribution in [1.82, 2.24) is 9.62 Å². The lowest BCUT2D eigenvalue weighted by atomic mass is 10.1. The molecule has 10 nitrogen and oxygen atoms in total. The summed E-state index contributed by atoms with van der Waals surface area (Å²) in [4.78, 5) is 27.7. The topological polar surface area (TPSA) is 114 Å². The zero-order valence-corrected chi connectivity index (χ0v) is 23.8. The Bertz CT molecular complexity index is 1500. The lowest BCUT2D eigenvalue weighted by Crippen LogP contribution is -2.52. The van der Waals surface area contributed by atoms with Crippen LogP contribution in [0.1, 0.15) is 5.56 Å². The van der Waals surface area contributed by atoms with Gasteiger partial charge in [0.1, 0.15) is 11.5 Å². The molecule has 2 heterocycles. The van der Waals surface area contributed by atoms with Crippen molar-refractivity contribution in [2.75, 3.05) is 50.9 Å². The summed E-state index contributed by atoms with van der Waals surface area (Å²) in [6, 6.07) is 20.9. The fourth-order valence-electron chi connectivity index (χ4n) is 4.61. The molecule has 0 unspecified atom stereocenters. The highest BCUT2D eigenvalue weighted by Gasteiger charge is 2.34. The smallest absolute Gasteiger partial charge is 0.265 e. The molecule has 1 saturated heterocycles. The van der Waals surface area contributed by atoms with Gasteiger partial charge in [0.05, 0.1) is 35.4 Å². The van der Waals surface area contributed by atoms with Gasteiger partial charge in [0.15, 0.2) is 12.7 Å². The molecule has 1 atom stereocenters. The predicted molar refractivity (Wildman–Crippen MR) is 153 cm³/mol. The van der Waals surface area contributed by atoms with Crippen molar-refractivity contribution in [1.29, 1.82) is 0 Å². The minimum Gasteiger partial charge on any atom is -0.482 e. The molecule has 3 aromatic rings. The molecule has 0 spiro atoms. The second-order valence-corrected chi connectivity index (χ2v) is 11.8. The van der Waals surface area contributed by atoms with Crippen LogP contribution in [0.5, 0.6) is 11.5 Å². The minimum absolute atomic E-state index is 0.000833. The highest BCUT2D eigenvalue weighted by atomic mass is 35.5. The number of carbonyl (C=O) groups excluding carboxylic acids is 2. The first-order valence-corrected chi connectivity index (χ1v) is 15.0. The number of halogens is 1. The monoisotopic (exact) mass is 599 g/mol. The van der Waals surface area contributed by atoms with Gasteiger partial charge in [0.25, 0.3) is 11.8 Å².